The van der Waals surface area contributed by atoms with Crippen molar-refractivity contribution in [1.29, 1.82) is 0 Å². The summed E-state index contributed by atoms with van der Waals surface area (Å²) in [5.41, 5.74) is 0. The molecule has 0 aliphatic carbocycles. The van der Waals surface area contributed by atoms with Gasteiger partial charge in [-0.25, -0.2) is 4.39 Å². The van der Waals surface area contributed by atoms with E-state index in [-0.39, 0.29) is 17.6 Å². The van der Waals surface area contributed by atoms with Crippen molar-refractivity contribution in [3.63, 3.8) is 0 Å². The molecule has 56 valence electrons. The molecule has 0 aliphatic heterocycles. The Labute approximate surface area is 63.7 Å². The Morgan fingerprint density at radius 2 is 2.11 bits per heavy atom. The molecule has 0 rings (SSSR count). The van der Waals surface area contributed by atoms with Crippen molar-refractivity contribution in [2.24, 2.45) is 0 Å². The summed E-state index contributed by atoms with van der Waals surface area (Å²) >= 11 is 3.11. The minimum absolute atomic E-state index is 0.139. The van der Waals surface area contributed by atoms with Crippen LogP contribution in [0.15, 0.2) is 0 Å². The molecule has 0 aromatic carbocycles. The first kappa shape index (κ1) is 9.37. The Morgan fingerprint density at radius 1 is 1.56 bits per heavy atom. The maximum atomic E-state index is 11.7. The molecule has 0 aromatic heterocycles. The number of alkyl halides is 2. The summed E-state index contributed by atoms with van der Waals surface area (Å²) in [6.07, 6.45) is 0.191. The van der Waals surface area contributed by atoms with Crippen molar-refractivity contribution in [1.82, 2.24) is 0 Å². The quantitative estimate of drug-likeness (QED) is 0.630. The molecule has 0 fully saturated rings. The minimum atomic E-state index is -0.368. The summed E-state index contributed by atoms with van der Waals surface area (Å²) in [6, 6.07) is 0. The second kappa shape index (κ2) is 5.18. The lowest BCUT2D eigenvalue weighted by atomic mass is 10.4. The molecule has 0 heterocycles. The van der Waals surface area contributed by atoms with Crippen molar-refractivity contribution in [3.8, 4) is 0 Å². The Balaban J connectivity index is 3.06. The van der Waals surface area contributed by atoms with Gasteiger partial charge in [0.15, 0.2) is 0 Å². The predicted octanol–water partition coefficient (Wildman–Crippen LogP) is 2.14. The van der Waals surface area contributed by atoms with Gasteiger partial charge < -0.3 is 4.74 Å². The van der Waals surface area contributed by atoms with Gasteiger partial charge in [-0.05, 0) is 13.8 Å². The zero-order chi connectivity index (χ0) is 7.28. The highest BCUT2D eigenvalue weighted by molar-refractivity contribution is 9.09. The lowest BCUT2D eigenvalue weighted by molar-refractivity contribution is 0.0776. The van der Waals surface area contributed by atoms with Crippen LogP contribution in [-0.2, 0) is 4.74 Å². The van der Waals surface area contributed by atoms with Crippen molar-refractivity contribution < 1.29 is 9.13 Å². The number of hydrogen-bond donors (Lipinski definition) is 0. The first-order chi connectivity index (χ1) is 4.16. The molecule has 0 saturated carbocycles. The van der Waals surface area contributed by atoms with Gasteiger partial charge in [0.05, 0.1) is 17.5 Å². The summed E-state index contributed by atoms with van der Waals surface area (Å²) in [6.45, 7) is 3.94. The van der Waals surface area contributed by atoms with Crippen LogP contribution >= 0.6 is 15.9 Å². The van der Waals surface area contributed by atoms with E-state index in [4.69, 9.17) is 4.74 Å². The van der Waals surface area contributed by atoms with Gasteiger partial charge in [0.25, 0.3) is 0 Å². The van der Waals surface area contributed by atoms with E-state index in [2.05, 4.69) is 15.9 Å². The van der Waals surface area contributed by atoms with Crippen molar-refractivity contribution in [2.45, 2.75) is 24.8 Å². The van der Waals surface area contributed by atoms with Crippen LogP contribution in [0.4, 0.5) is 4.39 Å². The molecule has 1 atom stereocenters. The molecule has 1 nitrogen and oxygen atoms in total. The summed E-state index contributed by atoms with van der Waals surface area (Å²) in [7, 11) is 0. The lowest BCUT2D eigenvalue weighted by Gasteiger charge is -2.08. The van der Waals surface area contributed by atoms with E-state index in [0.29, 0.717) is 6.61 Å². The average molecular weight is 199 g/mol. The van der Waals surface area contributed by atoms with Crippen LogP contribution in [0.2, 0.25) is 0 Å². The van der Waals surface area contributed by atoms with Gasteiger partial charge in [-0.1, -0.05) is 15.9 Å². The van der Waals surface area contributed by atoms with Crippen LogP contribution in [0.3, 0.4) is 0 Å². The Bertz CT molecular complexity index is 68.1. The summed E-state index contributed by atoms with van der Waals surface area (Å²) < 4.78 is 16.8. The molecular weight excluding hydrogens is 187 g/mol. The van der Waals surface area contributed by atoms with Crippen LogP contribution in [0.5, 0.6) is 0 Å². The van der Waals surface area contributed by atoms with E-state index < -0.39 is 0 Å². The van der Waals surface area contributed by atoms with E-state index in [1.807, 2.05) is 13.8 Å². The molecule has 0 spiro atoms. The smallest absolute Gasteiger partial charge is 0.104 e. The fourth-order valence-corrected chi connectivity index (χ4v) is 0.494. The van der Waals surface area contributed by atoms with Crippen molar-refractivity contribution in [2.75, 3.05) is 13.3 Å². The fourth-order valence-electron chi connectivity index (χ4n) is 0.341. The van der Waals surface area contributed by atoms with E-state index in [1.165, 1.54) is 0 Å². The highest BCUT2D eigenvalue weighted by atomic mass is 79.9. The first-order valence-corrected chi connectivity index (χ1v) is 3.90. The van der Waals surface area contributed by atoms with Gasteiger partial charge in [0.1, 0.15) is 6.67 Å². The molecular formula is C6H12BrFO. The number of halogens is 2. The van der Waals surface area contributed by atoms with Crippen LogP contribution < -0.4 is 0 Å². The molecule has 3 heteroatoms. The van der Waals surface area contributed by atoms with Gasteiger partial charge in [-0.2, -0.15) is 0 Å². The third-order valence-electron chi connectivity index (χ3n) is 0.778. The molecule has 0 bridgehead atoms. The van der Waals surface area contributed by atoms with Gasteiger partial charge in [0, 0.05) is 0 Å². The Hall–Kier alpha value is 0.370. The van der Waals surface area contributed by atoms with Crippen LogP contribution in [0, 0.1) is 0 Å². The standard InChI is InChI=1S/C6H12BrFO/c1-5(2)9-4-6(7)3-8/h5-6H,3-4H2,1-2H3. The van der Waals surface area contributed by atoms with E-state index >= 15 is 0 Å². The minimum Gasteiger partial charge on any atom is -0.378 e. The van der Waals surface area contributed by atoms with E-state index in [1.54, 1.807) is 0 Å². The Kier molecular flexibility index (Phi) is 5.39. The van der Waals surface area contributed by atoms with Crippen LogP contribution in [0.25, 0.3) is 0 Å². The first-order valence-electron chi connectivity index (χ1n) is 2.98. The van der Waals surface area contributed by atoms with Crippen LogP contribution in [0.1, 0.15) is 13.8 Å². The van der Waals surface area contributed by atoms with Crippen molar-refractivity contribution in [3.05, 3.63) is 0 Å². The maximum Gasteiger partial charge on any atom is 0.104 e. The van der Waals surface area contributed by atoms with E-state index in [9.17, 15) is 4.39 Å². The number of hydrogen-bond acceptors (Lipinski definition) is 1. The maximum absolute atomic E-state index is 11.7. The number of rotatable bonds is 4. The monoisotopic (exact) mass is 198 g/mol. The molecule has 0 aliphatic rings. The third-order valence-corrected chi connectivity index (χ3v) is 1.29. The van der Waals surface area contributed by atoms with Gasteiger partial charge in [-0.15, -0.1) is 0 Å². The molecule has 0 amide bonds. The topological polar surface area (TPSA) is 9.23 Å². The highest BCUT2D eigenvalue weighted by Crippen LogP contribution is 2.01. The van der Waals surface area contributed by atoms with Crippen molar-refractivity contribution >= 4 is 15.9 Å². The molecule has 0 N–H and O–H groups in total. The predicted molar refractivity (Wildman–Crippen MR) is 39.8 cm³/mol. The molecule has 0 aromatic rings. The van der Waals surface area contributed by atoms with E-state index in [0.717, 1.165) is 0 Å². The molecule has 0 saturated heterocycles. The third kappa shape index (κ3) is 6.25. The summed E-state index contributed by atoms with van der Waals surface area (Å²) in [5.74, 6) is 0. The van der Waals surface area contributed by atoms with Gasteiger partial charge in [-0.3, -0.25) is 0 Å². The zero-order valence-electron chi connectivity index (χ0n) is 5.73. The van der Waals surface area contributed by atoms with Gasteiger partial charge in [0.2, 0.25) is 0 Å². The lowest BCUT2D eigenvalue weighted by Crippen LogP contribution is -2.14. The second-order valence-electron chi connectivity index (χ2n) is 2.13. The number of ether oxygens (including phenoxy) is 1. The summed E-state index contributed by atoms with van der Waals surface area (Å²) in [5, 5.41) is 0. The van der Waals surface area contributed by atoms with Crippen LogP contribution in [-0.4, -0.2) is 24.2 Å². The highest BCUT2D eigenvalue weighted by Gasteiger charge is 2.03. The zero-order valence-corrected chi connectivity index (χ0v) is 7.32. The SMILES string of the molecule is CC(C)OCC(Br)CF. The largest absolute Gasteiger partial charge is 0.378 e. The average Bonchev–Trinajstić information content (AvgIpc) is 1.83. The molecule has 1 unspecified atom stereocenters. The molecule has 0 radical (unpaired) electrons. The molecule has 9 heavy (non-hydrogen) atoms. The second-order valence-corrected chi connectivity index (χ2v) is 3.43. The normalized spacial score (nSPS) is 14.3. The van der Waals surface area contributed by atoms with Gasteiger partial charge >= 0.3 is 0 Å². The summed E-state index contributed by atoms with van der Waals surface area (Å²) in [4.78, 5) is -0.139. The Morgan fingerprint density at radius 3 is 2.44 bits per heavy atom. The fraction of sp³-hybridized carbons (Fsp3) is 1.00.